The largest absolute Gasteiger partial charge is 0.426 e. The van der Waals surface area contributed by atoms with Gasteiger partial charge in [0.05, 0.1) is 0 Å². The number of hydrogen-bond donors (Lipinski definition) is 0. The molecular formula is C10H14O2. The Morgan fingerprint density at radius 2 is 2.17 bits per heavy atom. The van der Waals surface area contributed by atoms with Gasteiger partial charge in [0.25, 0.3) is 0 Å². The van der Waals surface area contributed by atoms with E-state index in [2.05, 4.69) is 10.5 Å². The Hall–Kier alpha value is -1.27. The number of esters is 1. The minimum absolute atomic E-state index is 0.318. The van der Waals surface area contributed by atoms with E-state index in [1.54, 1.807) is 0 Å². The van der Waals surface area contributed by atoms with Gasteiger partial charge < -0.3 is 4.74 Å². The summed E-state index contributed by atoms with van der Waals surface area (Å²) in [5.74, 6) is -0.318. The van der Waals surface area contributed by atoms with E-state index in [0.717, 1.165) is 12.0 Å². The molecule has 0 atom stereocenters. The van der Waals surface area contributed by atoms with Crippen LogP contribution in [0.1, 0.15) is 27.2 Å². The fourth-order valence-electron chi connectivity index (χ4n) is 0.567. The molecule has 0 unspecified atom stereocenters. The molecule has 0 bridgehead atoms. The topological polar surface area (TPSA) is 26.3 Å². The lowest BCUT2D eigenvalue weighted by atomic mass is 10.2. The molecule has 0 aromatic rings. The summed E-state index contributed by atoms with van der Waals surface area (Å²) in [5, 5.41) is 0. The van der Waals surface area contributed by atoms with Crippen molar-refractivity contribution in [2.45, 2.75) is 27.2 Å². The maximum atomic E-state index is 10.3. The summed E-state index contributed by atoms with van der Waals surface area (Å²) in [6.07, 6.45) is 6.12. The van der Waals surface area contributed by atoms with E-state index in [1.807, 2.05) is 26.0 Å². The molecule has 2 heteroatoms. The van der Waals surface area contributed by atoms with Crippen LogP contribution in [0.15, 0.2) is 29.7 Å². The van der Waals surface area contributed by atoms with Crippen molar-refractivity contribution in [2.75, 3.05) is 0 Å². The Kier molecular flexibility index (Phi) is 5.76. The molecule has 0 rings (SSSR count). The number of carbonyl (C=O) groups excluding carboxylic acids is 1. The zero-order chi connectivity index (χ0) is 9.40. The lowest BCUT2D eigenvalue weighted by Crippen LogP contribution is -1.88. The molecule has 0 spiro atoms. The van der Waals surface area contributed by atoms with Crippen molar-refractivity contribution in [1.29, 1.82) is 0 Å². The van der Waals surface area contributed by atoms with Crippen LogP contribution in [0.4, 0.5) is 0 Å². The number of allylic oxidation sites excluding steroid dienone is 3. The molecule has 0 aromatic heterocycles. The first-order chi connectivity index (χ1) is 5.66. The first-order valence-corrected chi connectivity index (χ1v) is 3.86. The molecule has 0 aliphatic heterocycles. The lowest BCUT2D eigenvalue weighted by Gasteiger charge is -1.89. The van der Waals surface area contributed by atoms with Crippen molar-refractivity contribution >= 4 is 5.97 Å². The normalized spacial score (nSPS) is 9.25. The fraction of sp³-hybridized carbons (Fsp3) is 0.400. The molecular weight excluding hydrogens is 152 g/mol. The van der Waals surface area contributed by atoms with Gasteiger partial charge in [-0.1, -0.05) is 17.9 Å². The zero-order valence-electron chi connectivity index (χ0n) is 7.76. The van der Waals surface area contributed by atoms with Crippen molar-refractivity contribution in [2.24, 2.45) is 0 Å². The van der Waals surface area contributed by atoms with Crippen LogP contribution in [-0.2, 0) is 9.53 Å². The molecule has 12 heavy (non-hydrogen) atoms. The minimum Gasteiger partial charge on any atom is -0.426 e. The molecule has 0 aliphatic rings. The third-order valence-corrected chi connectivity index (χ3v) is 1.19. The Morgan fingerprint density at radius 3 is 2.67 bits per heavy atom. The van der Waals surface area contributed by atoms with Gasteiger partial charge in [-0.25, -0.2) is 0 Å². The minimum atomic E-state index is -0.318. The third-order valence-electron chi connectivity index (χ3n) is 1.19. The van der Waals surface area contributed by atoms with Gasteiger partial charge in [0, 0.05) is 6.92 Å². The van der Waals surface area contributed by atoms with E-state index >= 15 is 0 Å². The van der Waals surface area contributed by atoms with E-state index in [4.69, 9.17) is 0 Å². The quantitative estimate of drug-likeness (QED) is 0.279. The molecule has 0 saturated carbocycles. The molecule has 66 valence electrons. The Bertz CT molecular complexity index is 230. The molecule has 0 aromatic carbocycles. The summed E-state index contributed by atoms with van der Waals surface area (Å²) in [4.78, 5) is 10.3. The Morgan fingerprint density at radius 1 is 1.50 bits per heavy atom. The van der Waals surface area contributed by atoms with Crippen LogP contribution >= 0.6 is 0 Å². The standard InChI is InChI=1S/C10H14O2/c1-4-5-6-9(2)7-8-12-10(3)11/h4-5,8H,6H2,1-3H3. The predicted molar refractivity (Wildman–Crippen MR) is 48.5 cm³/mol. The van der Waals surface area contributed by atoms with Gasteiger partial charge in [0.15, 0.2) is 0 Å². The molecule has 0 N–H and O–H groups in total. The monoisotopic (exact) mass is 166 g/mol. The van der Waals surface area contributed by atoms with Crippen LogP contribution in [0.25, 0.3) is 0 Å². The van der Waals surface area contributed by atoms with Gasteiger partial charge in [-0.3, -0.25) is 4.79 Å². The number of hydrogen-bond acceptors (Lipinski definition) is 2. The van der Waals surface area contributed by atoms with Gasteiger partial charge in [-0.15, -0.1) is 0 Å². The summed E-state index contributed by atoms with van der Waals surface area (Å²) in [5.41, 5.74) is 3.88. The van der Waals surface area contributed by atoms with Gasteiger partial charge >= 0.3 is 5.97 Å². The zero-order valence-corrected chi connectivity index (χ0v) is 7.76. The van der Waals surface area contributed by atoms with Gasteiger partial charge in [-0.05, 0) is 25.8 Å². The van der Waals surface area contributed by atoms with Crippen LogP contribution in [0.3, 0.4) is 0 Å². The lowest BCUT2D eigenvalue weighted by molar-refractivity contribution is -0.135. The predicted octanol–water partition coefficient (Wildman–Crippen LogP) is 2.57. The average molecular weight is 166 g/mol. The summed E-state index contributed by atoms with van der Waals surface area (Å²) >= 11 is 0. The first kappa shape index (κ1) is 10.7. The van der Waals surface area contributed by atoms with Crippen molar-refractivity contribution in [3.8, 4) is 0 Å². The molecule has 2 nitrogen and oxygen atoms in total. The second-order valence-electron chi connectivity index (χ2n) is 2.43. The van der Waals surface area contributed by atoms with Crippen molar-refractivity contribution in [3.05, 3.63) is 29.7 Å². The maximum Gasteiger partial charge on any atom is 0.308 e. The summed E-state index contributed by atoms with van der Waals surface area (Å²) in [6, 6.07) is 0. The number of rotatable bonds is 3. The number of ether oxygens (including phenoxy) is 1. The van der Waals surface area contributed by atoms with Crippen molar-refractivity contribution < 1.29 is 9.53 Å². The van der Waals surface area contributed by atoms with Crippen LogP contribution in [-0.4, -0.2) is 5.97 Å². The van der Waals surface area contributed by atoms with Crippen molar-refractivity contribution in [3.63, 3.8) is 0 Å². The van der Waals surface area contributed by atoms with Crippen LogP contribution < -0.4 is 0 Å². The Balaban J connectivity index is 3.96. The maximum absolute atomic E-state index is 10.3. The van der Waals surface area contributed by atoms with E-state index in [0.29, 0.717) is 0 Å². The summed E-state index contributed by atoms with van der Waals surface area (Å²) in [6.45, 7) is 5.25. The fourth-order valence-corrected chi connectivity index (χ4v) is 0.567. The highest BCUT2D eigenvalue weighted by atomic mass is 16.5. The molecule has 0 amide bonds. The molecule has 0 radical (unpaired) electrons. The molecule has 0 saturated heterocycles. The van der Waals surface area contributed by atoms with Crippen LogP contribution in [0, 0.1) is 0 Å². The second kappa shape index (κ2) is 6.44. The highest BCUT2D eigenvalue weighted by Crippen LogP contribution is 1.97. The smallest absolute Gasteiger partial charge is 0.308 e. The molecule has 0 aliphatic carbocycles. The van der Waals surface area contributed by atoms with Crippen LogP contribution in [0.2, 0.25) is 0 Å². The average Bonchev–Trinajstić information content (AvgIpc) is 2.00. The Labute approximate surface area is 73.2 Å². The van der Waals surface area contributed by atoms with E-state index in [9.17, 15) is 4.79 Å². The third kappa shape index (κ3) is 6.84. The van der Waals surface area contributed by atoms with Crippen molar-refractivity contribution in [1.82, 2.24) is 0 Å². The molecule has 0 fully saturated rings. The summed E-state index contributed by atoms with van der Waals surface area (Å²) < 4.78 is 4.57. The first-order valence-electron chi connectivity index (χ1n) is 3.86. The number of carbonyl (C=O) groups is 1. The highest BCUT2D eigenvalue weighted by Gasteiger charge is 1.84. The van der Waals surface area contributed by atoms with E-state index in [1.165, 1.54) is 13.2 Å². The van der Waals surface area contributed by atoms with Gasteiger partial charge in [0.1, 0.15) is 6.26 Å². The highest BCUT2D eigenvalue weighted by molar-refractivity contribution is 5.66. The van der Waals surface area contributed by atoms with E-state index in [-0.39, 0.29) is 5.97 Å². The second-order valence-corrected chi connectivity index (χ2v) is 2.43. The molecule has 0 heterocycles. The SMILES string of the molecule is CC=CCC(C)=C=COC(C)=O. The van der Waals surface area contributed by atoms with Gasteiger partial charge in [0.2, 0.25) is 0 Å². The van der Waals surface area contributed by atoms with Gasteiger partial charge in [-0.2, -0.15) is 0 Å². The van der Waals surface area contributed by atoms with Crippen LogP contribution in [0.5, 0.6) is 0 Å². The summed E-state index contributed by atoms with van der Waals surface area (Å²) in [7, 11) is 0. The van der Waals surface area contributed by atoms with E-state index < -0.39 is 0 Å².